The maximum Gasteiger partial charge on any atom is 0.255 e. The minimum atomic E-state index is -0.821. The number of halogens is 2. The third-order valence-electron chi connectivity index (χ3n) is 6.86. The molecular weight excluding hydrogens is 490 g/mol. The van der Waals surface area contributed by atoms with Crippen molar-refractivity contribution in [3.63, 3.8) is 0 Å². The number of carbonyl (C=O) groups is 1. The van der Waals surface area contributed by atoms with Crippen LogP contribution in [0.5, 0.6) is 11.5 Å². The number of piperazine rings is 1. The summed E-state index contributed by atoms with van der Waals surface area (Å²) in [7, 11) is 2.62. The molecule has 2 heterocycles. The van der Waals surface area contributed by atoms with Gasteiger partial charge in [0.2, 0.25) is 0 Å². The summed E-state index contributed by atoms with van der Waals surface area (Å²) in [6.07, 6.45) is 1.66. The first-order valence-electron chi connectivity index (χ1n) is 12.3. The molecule has 0 atom stereocenters. The van der Waals surface area contributed by atoms with Gasteiger partial charge in [0.1, 0.15) is 0 Å². The molecule has 38 heavy (non-hydrogen) atoms. The van der Waals surface area contributed by atoms with Gasteiger partial charge in [0.05, 0.1) is 25.5 Å². The third kappa shape index (κ3) is 4.77. The third-order valence-corrected chi connectivity index (χ3v) is 6.86. The summed E-state index contributed by atoms with van der Waals surface area (Å²) in [5.74, 6) is -2.14. The van der Waals surface area contributed by atoms with Crippen molar-refractivity contribution in [1.82, 2.24) is 10.3 Å². The molecule has 0 radical (unpaired) electrons. The molecule has 4 aromatic rings. The fourth-order valence-electron chi connectivity index (χ4n) is 4.90. The Hall–Kier alpha value is -4.11. The van der Waals surface area contributed by atoms with Crippen molar-refractivity contribution in [2.24, 2.45) is 0 Å². The molecule has 198 valence electrons. The van der Waals surface area contributed by atoms with Crippen molar-refractivity contribution in [1.29, 1.82) is 0 Å². The Bertz CT molecular complexity index is 1470. The molecule has 1 aromatic heterocycles. The number of aromatic nitrogens is 1. The molecule has 3 N–H and O–H groups in total. The molecule has 9 heteroatoms. The average molecular weight is 521 g/mol. The Balaban J connectivity index is 1.37. The lowest BCUT2D eigenvalue weighted by Gasteiger charge is -2.40. The number of fused-ring (bicyclic) bond motifs is 1. The monoisotopic (exact) mass is 520 g/mol. The van der Waals surface area contributed by atoms with Gasteiger partial charge in [-0.15, -0.1) is 0 Å². The van der Waals surface area contributed by atoms with Gasteiger partial charge in [-0.3, -0.25) is 4.79 Å². The van der Waals surface area contributed by atoms with Crippen molar-refractivity contribution in [3.8, 4) is 22.6 Å². The molecule has 1 aliphatic rings. The Morgan fingerprint density at radius 1 is 1.00 bits per heavy atom. The molecule has 0 bridgehead atoms. The number of nitrogens with zero attached hydrogens (tertiary/aromatic N) is 1. The summed E-state index contributed by atoms with van der Waals surface area (Å²) >= 11 is 0. The number of methoxy groups -OCH3 is 2. The number of benzene rings is 3. The molecular formula is C29H30F2N4O3. The molecule has 5 rings (SSSR count). The van der Waals surface area contributed by atoms with E-state index in [-0.39, 0.29) is 28.5 Å². The van der Waals surface area contributed by atoms with Crippen molar-refractivity contribution in [2.75, 3.05) is 44.1 Å². The molecule has 0 saturated carbocycles. The Morgan fingerprint density at radius 2 is 1.68 bits per heavy atom. The zero-order valence-corrected chi connectivity index (χ0v) is 21.7. The van der Waals surface area contributed by atoms with Crippen LogP contribution in [0.1, 0.15) is 24.2 Å². The molecule has 1 aliphatic heterocycles. The second-order valence-corrected chi connectivity index (χ2v) is 9.98. The molecule has 0 aliphatic carbocycles. The fourth-order valence-corrected chi connectivity index (χ4v) is 4.90. The molecule has 1 saturated heterocycles. The van der Waals surface area contributed by atoms with Crippen LogP contribution in [0.25, 0.3) is 22.0 Å². The highest BCUT2D eigenvalue weighted by Gasteiger charge is 2.26. The number of nitrogens with one attached hydrogen (secondary N) is 3. The fraction of sp³-hybridized carbons (Fsp3) is 0.276. The van der Waals surface area contributed by atoms with E-state index < -0.39 is 11.6 Å². The molecule has 0 spiro atoms. The predicted octanol–water partition coefficient (Wildman–Crippen LogP) is 5.57. The quantitative estimate of drug-likeness (QED) is 0.310. The maximum absolute atomic E-state index is 15.0. The van der Waals surface area contributed by atoms with E-state index in [1.54, 1.807) is 24.4 Å². The summed E-state index contributed by atoms with van der Waals surface area (Å²) in [6.45, 7) is 7.04. The second-order valence-electron chi connectivity index (χ2n) is 9.98. The lowest BCUT2D eigenvalue weighted by atomic mass is 10.0. The molecule has 1 fully saturated rings. The van der Waals surface area contributed by atoms with Crippen molar-refractivity contribution >= 4 is 28.2 Å². The van der Waals surface area contributed by atoms with Crippen molar-refractivity contribution in [3.05, 3.63) is 71.9 Å². The number of anilines is 2. The first kappa shape index (κ1) is 25.5. The molecule has 1 amide bonds. The highest BCUT2D eigenvalue weighted by atomic mass is 19.1. The number of ether oxygens (including phenoxy) is 2. The van der Waals surface area contributed by atoms with E-state index in [4.69, 9.17) is 9.47 Å². The van der Waals surface area contributed by atoms with Gasteiger partial charge in [0.25, 0.3) is 5.91 Å². The summed E-state index contributed by atoms with van der Waals surface area (Å²) in [5, 5.41) is 7.13. The summed E-state index contributed by atoms with van der Waals surface area (Å²) in [4.78, 5) is 18.4. The number of aromatic amines is 1. The number of rotatable bonds is 6. The van der Waals surface area contributed by atoms with E-state index in [0.717, 1.165) is 25.3 Å². The van der Waals surface area contributed by atoms with Gasteiger partial charge < -0.3 is 30.0 Å². The van der Waals surface area contributed by atoms with E-state index in [1.807, 2.05) is 24.3 Å². The number of amides is 1. The van der Waals surface area contributed by atoms with E-state index >= 15 is 0 Å². The number of carbonyl (C=O) groups excluding carboxylic acids is 1. The van der Waals surface area contributed by atoms with Gasteiger partial charge in [-0.25, -0.2) is 8.78 Å². The van der Waals surface area contributed by atoms with Gasteiger partial charge >= 0.3 is 0 Å². The van der Waals surface area contributed by atoms with Crippen LogP contribution in [0.4, 0.5) is 20.2 Å². The van der Waals surface area contributed by atoms with Gasteiger partial charge in [-0.1, -0.05) is 12.1 Å². The number of hydrogen-bond acceptors (Lipinski definition) is 5. The minimum Gasteiger partial charge on any atom is -0.494 e. The minimum absolute atomic E-state index is 0.0275. The zero-order valence-electron chi connectivity index (χ0n) is 21.7. The van der Waals surface area contributed by atoms with Crippen LogP contribution in [0.3, 0.4) is 0 Å². The summed E-state index contributed by atoms with van der Waals surface area (Å²) in [6, 6.07) is 13.6. The molecule has 0 unspecified atom stereocenters. The maximum atomic E-state index is 15.0. The van der Waals surface area contributed by atoms with Crippen LogP contribution >= 0.6 is 0 Å². The largest absolute Gasteiger partial charge is 0.494 e. The van der Waals surface area contributed by atoms with E-state index in [1.165, 1.54) is 20.3 Å². The van der Waals surface area contributed by atoms with Crippen molar-refractivity contribution in [2.45, 2.75) is 19.4 Å². The first-order valence-corrected chi connectivity index (χ1v) is 12.3. The van der Waals surface area contributed by atoms with Gasteiger partial charge in [-0.2, -0.15) is 0 Å². The highest BCUT2D eigenvalue weighted by molar-refractivity contribution is 6.09. The van der Waals surface area contributed by atoms with Gasteiger partial charge in [0, 0.05) is 59.6 Å². The normalized spacial score (nSPS) is 14.9. The standard InChI is InChI=1S/C29H30F2N4O3/c1-29(2)16-35(12-11-33-29)19-8-5-17(6-9-19)28(36)34-22-15-32-21-13-18(7-10-20(21)22)25-26(30)23(37-3)14-24(38-4)27(25)31/h5-10,13-15,32-33H,11-12,16H2,1-4H3,(H,34,36). The topological polar surface area (TPSA) is 78.6 Å². The summed E-state index contributed by atoms with van der Waals surface area (Å²) < 4.78 is 40.1. The van der Waals surface area contributed by atoms with Crippen LogP contribution in [0.15, 0.2) is 54.7 Å². The van der Waals surface area contributed by atoms with E-state index in [2.05, 4.69) is 34.4 Å². The van der Waals surface area contributed by atoms with Crippen LogP contribution < -0.4 is 25.0 Å². The van der Waals surface area contributed by atoms with Crippen LogP contribution in [0, 0.1) is 11.6 Å². The van der Waals surface area contributed by atoms with Crippen LogP contribution in [-0.4, -0.2) is 50.3 Å². The lowest BCUT2D eigenvalue weighted by molar-refractivity contribution is 0.102. The highest BCUT2D eigenvalue weighted by Crippen LogP contribution is 2.39. The van der Waals surface area contributed by atoms with Gasteiger partial charge in [-0.05, 0) is 49.7 Å². The van der Waals surface area contributed by atoms with Gasteiger partial charge in [0.15, 0.2) is 23.1 Å². The molecule has 7 nitrogen and oxygen atoms in total. The molecule has 3 aromatic carbocycles. The Kier molecular flexibility index (Phi) is 6.71. The predicted molar refractivity (Wildman–Crippen MR) is 145 cm³/mol. The van der Waals surface area contributed by atoms with E-state index in [0.29, 0.717) is 27.7 Å². The van der Waals surface area contributed by atoms with Crippen LogP contribution in [-0.2, 0) is 0 Å². The van der Waals surface area contributed by atoms with Crippen LogP contribution in [0.2, 0.25) is 0 Å². The number of hydrogen-bond donors (Lipinski definition) is 3. The van der Waals surface area contributed by atoms with Crippen molar-refractivity contribution < 1.29 is 23.0 Å². The Morgan fingerprint density at radius 3 is 2.32 bits per heavy atom. The lowest BCUT2D eigenvalue weighted by Crippen LogP contribution is -2.57. The summed E-state index contributed by atoms with van der Waals surface area (Å²) in [5.41, 5.74) is 2.85. The zero-order chi connectivity index (χ0) is 27.0. The number of H-pyrrole nitrogens is 1. The first-order chi connectivity index (χ1) is 18.2. The average Bonchev–Trinajstić information content (AvgIpc) is 3.30. The van der Waals surface area contributed by atoms with E-state index in [9.17, 15) is 13.6 Å². The second kappa shape index (κ2) is 9.98. The Labute approximate surface area is 219 Å². The SMILES string of the molecule is COc1cc(OC)c(F)c(-c2ccc3c(NC(=O)c4ccc(N5CCNC(C)(C)C5)cc4)c[nH]c3c2)c1F. The smallest absolute Gasteiger partial charge is 0.255 e.